The molecule has 3 rings (SSSR count). The number of carbonyl (C=O) groups is 1. The molecule has 0 bridgehead atoms. The van der Waals surface area contributed by atoms with E-state index in [1.807, 2.05) is 36.6 Å². The summed E-state index contributed by atoms with van der Waals surface area (Å²) in [5.74, 6) is 0.0869. The lowest BCUT2D eigenvalue weighted by Crippen LogP contribution is -2.36. The summed E-state index contributed by atoms with van der Waals surface area (Å²) in [4.78, 5) is 16.9. The Kier molecular flexibility index (Phi) is 4.00. The lowest BCUT2D eigenvalue weighted by molar-refractivity contribution is -0.123. The second-order valence-electron chi connectivity index (χ2n) is 5.45. The molecule has 1 aliphatic carbocycles. The maximum atomic E-state index is 12.5. The highest BCUT2D eigenvalue weighted by Crippen LogP contribution is 2.50. The van der Waals surface area contributed by atoms with Gasteiger partial charge in [-0.05, 0) is 31.4 Å². The van der Waals surface area contributed by atoms with Crippen molar-refractivity contribution < 1.29 is 4.79 Å². The van der Waals surface area contributed by atoms with Crippen molar-refractivity contribution in [1.29, 1.82) is 0 Å². The Labute approximate surface area is 133 Å². The highest BCUT2D eigenvalue weighted by Gasteiger charge is 2.52. The van der Waals surface area contributed by atoms with Gasteiger partial charge < -0.3 is 5.32 Å². The van der Waals surface area contributed by atoms with E-state index in [0.717, 1.165) is 35.5 Å². The zero-order chi connectivity index (χ0) is 14.9. The van der Waals surface area contributed by atoms with Crippen LogP contribution in [0.25, 0.3) is 0 Å². The first kappa shape index (κ1) is 14.5. The van der Waals surface area contributed by atoms with Gasteiger partial charge in [-0.1, -0.05) is 29.8 Å². The number of benzene rings is 1. The first-order valence-electron chi connectivity index (χ1n) is 7.06. The molecule has 21 heavy (non-hydrogen) atoms. The minimum Gasteiger partial charge on any atom is -0.355 e. The van der Waals surface area contributed by atoms with Crippen LogP contribution < -0.4 is 5.32 Å². The van der Waals surface area contributed by atoms with Gasteiger partial charge in [-0.3, -0.25) is 4.79 Å². The van der Waals surface area contributed by atoms with Crippen LogP contribution in [0.1, 0.15) is 29.1 Å². The van der Waals surface area contributed by atoms with E-state index in [4.69, 9.17) is 11.6 Å². The van der Waals surface area contributed by atoms with Crippen molar-refractivity contribution in [3.63, 3.8) is 0 Å². The smallest absolute Gasteiger partial charge is 0.230 e. The molecular weight excluding hydrogens is 304 g/mol. The number of thiazole rings is 1. The zero-order valence-corrected chi connectivity index (χ0v) is 13.4. The SMILES string of the molecule is Cc1csc(CCNC(=O)C2(c3ccccc3Cl)CC2)n1. The lowest BCUT2D eigenvalue weighted by Gasteiger charge is -2.16. The molecule has 2 aromatic rings. The third-order valence-electron chi connectivity index (χ3n) is 3.87. The van der Waals surface area contributed by atoms with Gasteiger partial charge in [0.05, 0.1) is 10.4 Å². The van der Waals surface area contributed by atoms with Crippen LogP contribution >= 0.6 is 22.9 Å². The minimum atomic E-state index is -0.406. The topological polar surface area (TPSA) is 42.0 Å². The van der Waals surface area contributed by atoms with E-state index in [1.165, 1.54) is 0 Å². The van der Waals surface area contributed by atoms with E-state index < -0.39 is 5.41 Å². The highest BCUT2D eigenvalue weighted by molar-refractivity contribution is 7.09. The van der Waals surface area contributed by atoms with Crippen LogP contribution in [0.5, 0.6) is 0 Å². The van der Waals surface area contributed by atoms with E-state index in [1.54, 1.807) is 11.3 Å². The lowest BCUT2D eigenvalue weighted by atomic mass is 9.95. The molecule has 3 nitrogen and oxygen atoms in total. The molecule has 0 radical (unpaired) electrons. The standard InChI is InChI=1S/C16H17ClN2OS/c1-11-10-21-14(19-11)6-9-18-15(20)16(7-8-16)12-4-2-3-5-13(12)17/h2-5,10H,6-9H2,1H3,(H,18,20). The first-order valence-corrected chi connectivity index (χ1v) is 8.32. The number of hydrogen-bond donors (Lipinski definition) is 1. The third-order valence-corrected chi connectivity index (χ3v) is 5.22. The molecule has 1 aromatic carbocycles. The Bertz CT molecular complexity index is 664. The molecular formula is C16H17ClN2OS. The second kappa shape index (κ2) is 5.78. The molecule has 1 amide bonds. The first-order chi connectivity index (χ1) is 10.1. The summed E-state index contributed by atoms with van der Waals surface area (Å²) in [6.45, 7) is 2.60. The maximum absolute atomic E-state index is 12.5. The fourth-order valence-electron chi connectivity index (χ4n) is 2.56. The maximum Gasteiger partial charge on any atom is 0.230 e. The van der Waals surface area contributed by atoms with Gasteiger partial charge in [0.1, 0.15) is 0 Å². The molecule has 1 aromatic heterocycles. The van der Waals surface area contributed by atoms with Gasteiger partial charge in [-0.15, -0.1) is 11.3 Å². The Hall–Kier alpha value is -1.39. The molecule has 5 heteroatoms. The monoisotopic (exact) mass is 320 g/mol. The third kappa shape index (κ3) is 2.97. The van der Waals surface area contributed by atoms with Gasteiger partial charge in [0.2, 0.25) is 5.91 Å². The number of amides is 1. The van der Waals surface area contributed by atoms with Crippen molar-refractivity contribution in [3.8, 4) is 0 Å². The van der Waals surface area contributed by atoms with Crippen LogP contribution in [-0.4, -0.2) is 17.4 Å². The summed E-state index contributed by atoms with van der Waals surface area (Å²) in [6.07, 6.45) is 2.53. The van der Waals surface area contributed by atoms with Gasteiger partial charge in [0.15, 0.2) is 0 Å². The highest BCUT2D eigenvalue weighted by atomic mass is 35.5. The van der Waals surface area contributed by atoms with E-state index in [2.05, 4.69) is 10.3 Å². The van der Waals surface area contributed by atoms with Crippen molar-refractivity contribution in [3.05, 3.63) is 50.9 Å². The minimum absolute atomic E-state index is 0.0869. The molecule has 0 unspecified atom stereocenters. The Morgan fingerprint density at radius 2 is 2.19 bits per heavy atom. The van der Waals surface area contributed by atoms with Gasteiger partial charge in [-0.2, -0.15) is 0 Å². The summed E-state index contributed by atoms with van der Waals surface area (Å²) >= 11 is 7.88. The van der Waals surface area contributed by atoms with Gasteiger partial charge in [0, 0.05) is 29.1 Å². The average Bonchev–Trinajstić information content (AvgIpc) is 3.17. The van der Waals surface area contributed by atoms with Crippen LogP contribution in [-0.2, 0) is 16.6 Å². The second-order valence-corrected chi connectivity index (χ2v) is 6.80. The van der Waals surface area contributed by atoms with Crippen LogP contribution in [0, 0.1) is 6.92 Å². The fraction of sp³-hybridized carbons (Fsp3) is 0.375. The molecule has 0 saturated heterocycles. The van der Waals surface area contributed by atoms with Crippen LogP contribution in [0.2, 0.25) is 5.02 Å². The molecule has 1 fully saturated rings. The summed E-state index contributed by atoms with van der Waals surface area (Å²) in [5, 5.41) is 6.82. The Morgan fingerprint density at radius 3 is 2.81 bits per heavy atom. The van der Waals surface area contributed by atoms with Gasteiger partial charge >= 0.3 is 0 Å². The number of aromatic nitrogens is 1. The number of carbonyl (C=O) groups excluding carboxylic acids is 1. The molecule has 1 saturated carbocycles. The van der Waals surface area contributed by atoms with Crippen LogP contribution in [0.4, 0.5) is 0 Å². The van der Waals surface area contributed by atoms with E-state index in [9.17, 15) is 4.79 Å². The summed E-state index contributed by atoms with van der Waals surface area (Å²) < 4.78 is 0. The van der Waals surface area contributed by atoms with Crippen LogP contribution in [0.15, 0.2) is 29.6 Å². The summed E-state index contributed by atoms with van der Waals surface area (Å²) in [5.41, 5.74) is 1.59. The summed E-state index contributed by atoms with van der Waals surface area (Å²) in [7, 11) is 0. The molecule has 1 aliphatic rings. The molecule has 0 aliphatic heterocycles. The summed E-state index contributed by atoms with van der Waals surface area (Å²) in [6, 6.07) is 7.64. The van der Waals surface area contributed by atoms with Crippen molar-refractivity contribution >= 4 is 28.8 Å². The molecule has 110 valence electrons. The normalized spacial score (nSPS) is 15.7. The number of rotatable bonds is 5. The van der Waals surface area contributed by atoms with Gasteiger partial charge in [0.25, 0.3) is 0 Å². The Morgan fingerprint density at radius 1 is 1.43 bits per heavy atom. The largest absolute Gasteiger partial charge is 0.355 e. The average molecular weight is 321 g/mol. The van der Waals surface area contributed by atoms with Crippen molar-refractivity contribution in [2.75, 3.05) is 6.54 Å². The van der Waals surface area contributed by atoms with Crippen molar-refractivity contribution in [2.45, 2.75) is 31.6 Å². The molecule has 1 heterocycles. The molecule has 1 N–H and O–H groups in total. The predicted molar refractivity (Wildman–Crippen MR) is 85.9 cm³/mol. The van der Waals surface area contributed by atoms with Gasteiger partial charge in [-0.25, -0.2) is 4.98 Å². The molecule has 0 spiro atoms. The zero-order valence-electron chi connectivity index (χ0n) is 11.9. The van der Waals surface area contributed by atoms with E-state index in [0.29, 0.717) is 11.6 Å². The van der Waals surface area contributed by atoms with Crippen LogP contribution in [0.3, 0.4) is 0 Å². The van der Waals surface area contributed by atoms with Crippen molar-refractivity contribution in [1.82, 2.24) is 10.3 Å². The quantitative estimate of drug-likeness (QED) is 0.916. The fourth-order valence-corrected chi connectivity index (χ4v) is 3.66. The number of hydrogen-bond acceptors (Lipinski definition) is 3. The predicted octanol–water partition coefficient (Wildman–Crippen LogP) is 3.50. The number of halogens is 1. The number of nitrogens with one attached hydrogen (secondary N) is 1. The van der Waals surface area contributed by atoms with E-state index in [-0.39, 0.29) is 5.91 Å². The Balaban J connectivity index is 1.62. The molecule has 0 atom stereocenters. The number of nitrogens with zero attached hydrogens (tertiary/aromatic N) is 1. The van der Waals surface area contributed by atoms with E-state index >= 15 is 0 Å². The van der Waals surface area contributed by atoms with Crippen molar-refractivity contribution in [2.24, 2.45) is 0 Å². The number of aryl methyl sites for hydroxylation is 1.